The minimum absolute atomic E-state index is 0.107. The molecule has 1 unspecified atom stereocenters. The van der Waals surface area contributed by atoms with E-state index in [0.717, 1.165) is 17.8 Å². The van der Waals surface area contributed by atoms with Crippen LogP contribution in [-0.2, 0) is 14.8 Å². The minimum atomic E-state index is -3.83. The van der Waals surface area contributed by atoms with Crippen LogP contribution in [0.5, 0.6) is 5.75 Å². The lowest BCUT2D eigenvalue weighted by Gasteiger charge is -2.35. The highest BCUT2D eigenvalue weighted by Gasteiger charge is 2.34. The Kier molecular flexibility index (Phi) is 6.92. The van der Waals surface area contributed by atoms with Gasteiger partial charge in [0.2, 0.25) is 15.9 Å². The van der Waals surface area contributed by atoms with Gasteiger partial charge in [0, 0.05) is 30.6 Å². The average Bonchev–Trinajstić information content (AvgIpc) is 3.26. The predicted octanol–water partition coefficient (Wildman–Crippen LogP) is 2.86. The van der Waals surface area contributed by atoms with Gasteiger partial charge in [0.25, 0.3) is 0 Å². The Morgan fingerprint density at radius 1 is 1.31 bits per heavy atom. The van der Waals surface area contributed by atoms with Crippen LogP contribution in [0, 0.1) is 5.92 Å². The number of amides is 1. The van der Waals surface area contributed by atoms with Crippen molar-refractivity contribution in [1.82, 2.24) is 14.6 Å². The zero-order chi connectivity index (χ0) is 21.0. The Hall–Kier alpha value is -1.97. The van der Waals surface area contributed by atoms with Crippen LogP contribution in [0.25, 0.3) is 0 Å². The van der Waals surface area contributed by atoms with Gasteiger partial charge in [-0.15, -0.1) is 11.3 Å². The lowest BCUT2D eigenvalue weighted by atomic mass is 9.96. The highest BCUT2D eigenvalue weighted by molar-refractivity contribution is 7.89. The molecule has 7 nitrogen and oxygen atoms in total. The summed E-state index contributed by atoms with van der Waals surface area (Å²) >= 11 is 1.60. The highest BCUT2D eigenvalue weighted by atomic mass is 32.2. The molecule has 1 aliphatic rings. The van der Waals surface area contributed by atoms with Gasteiger partial charge < -0.3 is 9.64 Å². The number of carbonyl (C=O) groups is 1. The van der Waals surface area contributed by atoms with Gasteiger partial charge in [-0.2, -0.15) is 4.72 Å². The molecule has 2 atom stereocenters. The fourth-order valence-electron chi connectivity index (χ4n) is 3.47. The number of hydrogen-bond acceptors (Lipinski definition) is 6. The van der Waals surface area contributed by atoms with E-state index in [1.54, 1.807) is 34.6 Å². The Balaban J connectivity index is 1.75. The number of nitrogens with zero attached hydrogens (tertiary/aromatic N) is 2. The van der Waals surface area contributed by atoms with Gasteiger partial charge in [-0.3, -0.25) is 4.79 Å². The first-order valence-corrected chi connectivity index (χ1v) is 12.0. The van der Waals surface area contributed by atoms with Gasteiger partial charge in [-0.25, -0.2) is 13.4 Å². The van der Waals surface area contributed by atoms with Crippen LogP contribution in [0.2, 0.25) is 0 Å². The third-order valence-electron chi connectivity index (χ3n) is 5.12. The lowest BCUT2D eigenvalue weighted by molar-refractivity contribution is -0.135. The van der Waals surface area contributed by atoms with E-state index in [1.807, 2.05) is 19.2 Å². The smallest absolute Gasteiger partial charge is 0.241 e. The zero-order valence-electron chi connectivity index (χ0n) is 16.9. The molecule has 1 N–H and O–H groups in total. The van der Waals surface area contributed by atoms with Crippen molar-refractivity contribution in [2.75, 3.05) is 20.2 Å². The first-order chi connectivity index (χ1) is 13.8. The third kappa shape index (κ3) is 5.15. The number of methoxy groups -OCH3 is 1. The van der Waals surface area contributed by atoms with Crippen LogP contribution < -0.4 is 9.46 Å². The molecule has 2 aromatic rings. The Morgan fingerprint density at radius 3 is 2.62 bits per heavy atom. The Morgan fingerprint density at radius 2 is 2.03 bits per heavy atom. The second-order valence-electron chi connectivity index (χ2n) is 7.51. The van der Waals surface area contributed by atoms with E-state index < -0.39 is 16.1 Å². The SMILES string of the molecule is COc1ccc(S(=O)(=O)N[C@H](C(=O)N2CCCC(c3nccs3)C2)C(C)C)cc1. The van der Waals surface area contributed by atoms with Crippen molar-refractivity contribution in [3.8, 4) is 5.75 Å². The van der Waals surface area contributed by atoms with E-state index in [-0.39, 0.29) is 22.6 Å². The number of hydrogen-bond donors (Lipinski definition) is 1. The van der Waals surface area contributed by atoms with E-state index in [9.17, 15) is 13.2 Å². The van der Waals surface area contributed by atoms with Crippen molar-refractivity contribution in [2.24, 2.45) is 5.92 Å². The number of nitrogens with one attached hydrogen (secondary N) is 1. The lowest BCUT2D eigenvalue weighted by Crippen LogP contribution is -2.53. The van der Waals surface area contributed by atoms with E-state index in [1.165, 1.54) is 19.2 Å². The number of piperidine rings is 1. The van der Waals surface area contributed by atoms with Crippen LogP contribution in [-0.4, -0.2) is 50.5 Å². The van der Waals surface area contributed by atoms with Crippen molar-refractivity contribution in [2.45, 2.75) is 43.5 Å². The molecular formula is C20H27N3O4S2. The number of thiazole rings is 1. The van der Waals surface area contributed by atoms with Crippen LogP contribution in [0.4, 0.5) is 0 Å². The average molecular weight is 438 g/mol. The summed E-state index contributed by atoms with van der Waals surface area (Å²) in [7, 11) is -2.31. The van der Waals surface area contributed by atoms with Gasteiger partial charge >= 0.3 is 0 Å². The summed E-state index contributed by atoms with van der Waals surface area (Å²) in [5.74, 6) is 0.412. The summed E-state index contributed by atoms with van der Waals surface area (Å²) in [5.41, 5.74) is 0. The van der Waals surface area contributed by atoms with Gasteiger partial charge in [-0.1, -0.05) is 13.8 Å². The molecule has 29 heavy (non-hydrogen) atoms. The summed E-state index contributed by atoms with van der Waals surface area (Å²) in [6, 6.07) is 5.30. The molecule has 1 aliphatic heterocycles. The van der Waals surface area contributed by atoms with Crippen molar-refractivity contribution >= 4 is 27.3 Å². The molecule has 1 amide bonds. The van der Waals surface area contributed by atoms with E-state index >= 15 is 0 Å². The quantitative estimate of drug-likeness (QED) is 0.720. The molecular weight excluding hydrogens is 410 g/mol. The molecule has 0 radical (unpaired) electrons. The largest absolute Gasteiger partial charge is 0.497 e. The second-order valence-corrected chi connectivity index (χ2v) is 10.2. The van der Waals surface area contributed by atoms with Gasteiger partial charge in [0.05, 0.1) is 17.0 Å². The predicted molar refractivity (Wildman–Crippen MR) is 113 cm³/mol. The zero-order valence-corrected chi connectivity index (χ0v) is 18.5. The molecule has 0 saturated carbocycles. The normalized spacial score (nSPS) is 18.6. The van der Waals surface area contributed by atoms with Crippen LogP contribution in [0.1, 0.15) is 37.6 Å². The van der Waals surface area contributed by atoms with Crippen LogP contribution in [0.15, 0.2) is 40.7 Å². The first kappa shape index (κ1) is 21.7. The van der Waals surface area contributed by atoms with E-state index in [2.05, 4.69) is 9.71 Å². The Labute approximate surface area is 176 Å². The molecule has 9 heteroatoms. The monoisotopic (exact) mass is 437 g/mol. The van der Waals surface area contributed by atoms with Crippen LogP contribution in [0.3, 0.4) is 0 Å². The molecule has 1 aromatic heterocycles. The highest BCUT2D eigenvalue weighted by Crippen LogP contribution is 2.29. The molecule has 3 rings (SSSR count). The third-order valence-corrected chi connectivity index (χ3v) is 7.51. The maximum atomic E-state index is 13.2. The fraction of sp³-hybridized carbons (Fsp3) is 0.500. The number of aromatic nitrogens is 1. The molecule has 0 spiro atoms. The molecule has 0 aliphatic carbocycles. The summed E-state index contributed by atoms with van der Waals surface area (Å²) in [6.07, 6.45) is 3.65. The van der Waals surface area contributed by atoms with Crippen molar-refractivity contribution < 1.29 is 17.9 Å². The van der Waals surface area contributed by atoms with Gasteiger partial charge in [0.15, 0.2) is 0 Å². The molecule has 1 fully saturated rings. The van der Waals surface area contributed by atoms with E-state index in [4.69, 9.17) is 4.74 Å². The maximum Gasteiger partial charge on any atom is 0.241 e. The van der Waals surface area contributed by atoms with Gasteiger partial charge in [-0.05, 0) is 43.0 Å². The summed E-state index contributed by atoms with van der Waals surface area (Å²) in [4.78, 5) is 19.5. The van der Waals surface area contributed by atoms with Crippen molar-refractivity contribution in [3.63, 3.8) is 0 Å². The number of ether oxygens (including phenoxy) is 1. The molecule has 0 bridgehead atoms. The van der Waals surface area contributed by atoms with Crippen molar-refractivity contribution in [3.05, 3.63) is 40.8 Å². The van der Waals surface area contributed by atoms with Crippen LogP contribution >= 0.6 is 11.3 Å². The number of carbonyl (C=O) groups excluding carboxylic acids is 1. The molecule has 2 heterocycles. The van der Waals surface area contributed by atoms with E-state index in [0.29, 0.717) is 18.8 Å². The number of sulfonamides is 1. The molecule has 158 valence electrons. The summed E-state index contributed by atoms with van der Waals surface area (Å²) < 4.78 is 33.4. The Bertz CT molecular complexity index is 912. The number of rotatable bonds is 7. The second kappa shape index (κ2) is 9.23. The summed E-state index contributed by atoms with van der Waals surface area (Å²) in [6.45, 7) is 4.90. The van der Waals surface area contributed by atoms with Gasteiger partial charge in [0.1, 0.15) is 11.8 Å². The van der Waals surface area contributed by atoms with Crippen molar-refractivity contribution in [1.29, 1.82) is 0 Å². The first-order valence-electron chi connectivity index (χ1n) is 9.66. The summed E-state index contributed by atoms with van der Waals surface area (Å²) in [5, 5.41) is 2.97. The number of likely N-dealkylation sites (tertiary alicyclic amines) is 1. The minimum Gasteiger partial charge on any atom is -0.497 e. The molecule has 1 aromatic carbocycles. The number of benzene rings is 1. The standard InChI is InChI=1S/C20H27N3O4S2/c1-14(2)18(22-29(25,26)17-8-6-16(27-3)7-9-17)20(24)23-11-4-5-15(13-23)19-21-10-12-28-19/h6-10,12,14-15,18,22H,4-5,11,13H2,1-3H3/t15?,18-/m0/s1. The molecule has 1 saturated heterocycles. The topological polar surface area (TPSA) is 88.6 Å². The maximum absolute atomic E-state index is 13.2. The fourth-order valence-corrected chi connectivity index (χ4v) is 5.58.